The first kappa shape index (κ1) is 12.5. The smallest absolute Gasteiger partial charge is 0.140 e. The molecule has 2 rings (SSSR count). The summed E-state index contributed by atoms with van der Waals surface area (Å²) in [7, 11) is 0. The molecule has 17 heavy (non-hydrogen) atoms. The van der Waals surface area contributed by atoms with Crippen LogP contribution in [-0.2, 0) is 13.0 Å². The Morgan fingerprint density at radius 1 is 1.35 bits per heavy atom. The number of hydrogen-bond donors (Lipinski definition) is 1. The van der Waals surface area contributed by atoms with Crippen LogP contribution in [0.25, 0.3) is 0 Å². The quantitative estimate of drug-likeness (QED) is 0.922. The first-order valence-corrected chi connectivity index (χ1v) is 6.88. The molecule has 0 saturated heterocycles. The molecule has 0 aliphatic heterocycles. The summed E-state index contributed by atoms with van der Waals surface area (Å²) < 4.78 is 6.59. The van der Waals surface area contributed by atoms with Gasteiger partial charge < -0.3 is 9.84 Å². The van der Waals surface area contributed by atoms with E-state index >= 15 is 0 Å². The maximum atomic E-state index is 8.80. The van der Waals surface area contributed by atoms with Crippen LogP contribution in [0.5, 0.6) is 5.75 Å². The van der Waals surface area contributed by atoms with Crippen molar-refractivity contribution in [3.05, 3.63) is 44.8 Å². The topological polar surface area (TPSA) is 42.4 Å². The molecule has 0 spiro atoms. The molecule has 1 aromatic heterocycles. The molecule has 0 radical (unpaired) electrons. The molecule has 1 N–H and O–H groups in total. The number of para-hydroxylation sites is 1. The van der Waals surface area contributed by atoms with Gasteiger partial charge in [-0.3, -0.25) is 0 Å². The summed E-state index contributed by atoms with van der Waals surface area (Å²) in [5.74, 6) is 0.811. The van der Waals surface area contributed by atoms with Crippen LogP contribution in [0, 0.1) is 0 Å². The van der Waals surface area contributed by atoms with Crippen LogP contribution in [0.3, 0.4) is 0 Å². The Hall–Kier alpha value is -0.910. The largest absolute Gasteiger partial charge is 0.485 e. The van der Waals surface area contributed by atoms with E-state index in [1.165, 1.54) is 0 Å². The Morgan fingerprint density at radius 2 is 2.18 bits per heavy atom. The normalized spacial score (nSPS) is 10.5. The summed E-state index contributed by atoms with van der Waals surface area (Å²) in [5, 5.41) is 11.7. The van der Waals surface area contributed by atoms with Gasteiger partial charge in [0.05, 0.1) is 10.2 Å². The van der Waals surface area contributed by atoms with Gasteiger partial charge in [0, 0.05) is 18.4 Å². The highest BCUT2D eigenvalue weighted by molar-refractivity contribution is 9.10. The van der Waals surface area contributed by atoms with Gasteiger partial charge in [-0.25, -0.2) is 4.98 Å². The minimum atomic E-state index is 0.133. The second kappa shape index (κ2) is 6.14. The molecule has 3 nitrogen and oxygen atoms in total. The van der Waals surface area contributed by atoms with Gasteiger partial charge in [0.25, 0.3) is 0 Å². The average Bonchev–Trinajstić information content (AvgIpc) is 2.76. The van der Waals surface area contributed by atoms with Crippen molar-refractivity contribution in [2.45, 2.75) is 13.0 Å². The lowest BCUT2D eigenvalue weighted by Crippen LogP contribution is -1.97. The van der Waals surface area contributed by atoms with Crippen molar-refractivity contribution < 1.29 is 9.84 Å². The highest BCUT2D eigenvalue weighted by Crippen LogP contribution is 2.25. The van der Waals surface area contributed by atoms with E-state index < -0.39 is 0 Å². The molecule has 5 heteroatoms. The van der Waals surface area contributed by atoms with Gasteiger partial charge in [-0.05, 0) is 28.1 Å². The fraction of sp³-hybridized carbons (Fsp3) is 0.250. The molecule has 0 fully saturated rings. The summed E-state index contributed by atoms with van der Waals surface area (Å²) in [6.07, 6.45) is 0.603. The van der Waals surface area contributed by atoms with Crippen LogP contribution < -0.4 is 4.74 Å². The standard InChI is InChI=1S/C12H12BrNO2S/c13-10-3-1-2-4-11(10)16-7-12-14-9(5-6-15)8-17-12/h1-4,8,15H,5-7H2. The van der Waals surface area contributed by atoms with Gasteiger partial charge >= 0.3 is 0 Å². The van der Waals surface area contributed by atoms with Gasteiger partial charge in [0.2, 0.25) is 0 Å². The Morgan fingerprint density at radius 3 is 2.94 bits per heavy atom. The zero-order valence-electron chi connectivity index (χ0n) is 9.10. The minimum absolute atomic E-state index is 0.133. The van der Waals surface area contributed by atoms with Gasteiger partial charge in [-0.2, -0.15) is 0 Å². The molecule has 0 unspecified atom stereocenters. The summed E-state index contributed by atoms with van der Waals surface area (Å²) in [5.41, 5.74) is 0.920. The number of rotatable bonds is 5. The zero-order chi connectivity index (χ0) is 12.1. The zero-order valence-corrected chi connectivity index (χ0v) is 11.5. The molecule has 0 aliphatic rings. The summed E-state index contributed by atoms with van der Waals surface area (Å²) in [6, 6.07) is 7.72. The molecular weight excluding hydrogens is 302 g/mol. The first-order chi connectivity index (χ1) is 8.29. The Kier molecular flexibility index (Phi) is 4.53. The third kappa shape index (κ3) is 3.52. The van der Waals surface area contributed by atoms with E-state index in [0.29, 0.717) is 13.0 Å². The third-order valence-corrected chi connectivity index (χ3v) is 3.68. The average molecular weight is 314 g/mol. The van der Waals surface area contributed by atoms with Crippen molar-refractivity contribution in [2.24, 2.45) is 0 Å². The van der Waals surface area contributed by atoms with E-state index in [2.05, 4.69) is 20.9 Å². The van der Waals surface area contributed by atoms with Crippen molar-refractivity contribution in [1.82, 2.24) is 4.98 Å². The molecule has 0 saturated carbocycles. The number of aromatic nitrogens is 1. The first-order valence-electron chi connectivity index (χ1n) is 5.21. The van der Waals surface area contributed by atoms with E-state index in [4.69, 9.17) is 9.84 Å². The van der Waals surface area contributed by atoms with E-state index in [1.807, 2.05) is 29.6 Å². The number of nitrogens with zero attached hydrogens (tertiary/aromatic N) is 1. The summed E-state index contributed by atoms with van der Waals surface area (Å²) in [6.45, 7) is 0.590. The molecule has 1 heterocycles. The van der Waals surface area contributed by atoms with Crippen molar-refractivity contribution in [3.8, 4) is 5.75 Å². The van der Waals surface area contributed by atoms with E-state index in [0.717, 1.165) is 20.9 Å². The molecule has 1 aromatic carbocycles. The lowest BCUT2D eigenvalue weighted by Gasteiger charge is -2.05. The Labute approximate surface area is 112 Å². The van der Waals surface area contributed by atoms with Crippen molar-refractivity contribution in [2.75, 3.05) is 6.61 Å². The highest BCUT2D eigenvalue weighted by Gasteiger charge is 2.04. The minimum Gasteiger partial charge on any atom is -0.485 e. The van der Waals surface area contributed by atoms with E-state index in [-0.39, 0.29) is 6.61 Å². The van der Waals surface area contributed by atoms with Crippen LogP contribution in [0.15, 0.2) is 34.1 Å². The van der Waals surface area contributed by atoms with Gasteiger partial charge in [0.15, 0.2) is 0 Å². The second-order valence-corrected chi connectivity index (χ2v) is 5.22. The van der Waals surface area contributed by atoms with E-state index in [1.54, 1.807) is 11.3 Å². The van der Waals surface area contributed by atoms with Gasteiger partial charge in [-0.15, -0.1) is 11.3 Å². The van der Waals surface area contributed by atoms with Crippen molar-refractivity contribution in [3.63, 3.8) is 0 Å². The summed E-state index contributed by atoms with van der Waals surface area (Å²) in [4.78, 5) is 4.36. The number of benzene rings is 1. The molecule has 90 valence electrons. The van der Waals surface area contributed by atoms with Gasteiger partial charge in [0.1, 0.15) is 17.4 Å². The number of aliphatic hydroxyl groups excluding tert-OH is 1. The number of thiazole rings is 1. The monoisotopic (exact) mass is 313 g/mol. The second-order valence-electron chi connectivity index (χ2n) is 3.43. The van der Waals surface area contributed by atoms with Crippen LogP contribution in [0.4, 0.5) is 0 Å². The van der Waals surface area contributed by atoms with Crippen LogP contribution >= 0.6 is 27.3 Å². The third-order valence-electron chi connectivity index (χ3n) is 2.16. The fourth-order valence-electron chi connectivity index (χ4n) is 1.35. The lowest BCUT2D eigenvalue weighted by molar-refractivity contribution is 0.295. The Bertz CT molecular complexity index is 487. The predicted octanol–water partition coefficient (Wildman–Crippen LogP) is 3.02. The van der Waals surface area contributed by atoms with Gasteiger partial charge in [-0.1, -0.05) is 12.1 Å². The Balaban J connectivity index is 1.95. The molecule has 0 bridgehead atoms. The number of hydrogen-bond acceptors (Lipinski definition) is 4. The predicted molar refractivity (Wildman–Crippen MR) is 71.4 cm³/mol. The van der Waals surface area contributed by atoms with Crippen LogP contribution in [0.2, 0.25) is 0 Å². The molecule has 0 aliphatic carbocycles. The fourth-order valence-corrected chi connectivity index (χ4v) is 2.48. The van der Waals surface area contributed by atoms with Crippen molar-refractivity contribution in [1.29, 1.82) is 0 Å². The van der Waals surface area contributed by atoms with Crippen molar-refractivity contribution >= 4 is 27.3 Å². The molecule has 0 amide bonds. The maximum absolute atomic E-state index is 8.80. The van der Waals surface area contributed by atoms with Crippen LogP contribution in [-0.4, -0.2) is 16.7 Å². The molecule has 0 atom stereocenters. The van der Waals surface area contributed by atoms with Crippen LogP contribution in [0.1, 0.15) is 10.7 Å². The summed E-state index contributed by atoms with van der Waals surface area (Å²) >= 11 is 4.98. The maximum Gasteiger partial charge on any atom is 0.140 e. The lowest BCUT2D eigenvalue weighted by atomic mass is 10.3. The molecule has 2 aromatic rings. The molecular formula is C12H12BrNO2S. The van der Waals surface area contributed by atoms with E-state index in [9.17, 15) is 0 Å². The number of halogens is 1. The number of ether oxygens (including phenoxy) is 1. The highest BCUT2D eigenvalue weighted by atomic mass is 79.9. The SMILES string of the molecule is OCCc1csc(COc2ccccc2Br)n1. The number of aliphatic hydroxyl groups is 1.